The fourth-order valence-corrected chi connectivity index (χ4v) is 3.31. The van der Waals surface area contributed by atoms with Gasteiger partial charge in [-0.25, -0.2) is 10.1 Å². The minimum atomic E-state index is -0.550. The minimum Gasteiger partial charge on any atom is -0.507 e. The van der Waals surface area contributed by atoms with Crippen LogP contribution in [-0.2, 0) is 6.54 Å². The molecule has 0 saturated carbocycles. The summed E-state index contributed by atoms with van der Waals surface area (Å²) in [7, 11) is 0. The maximum absolute atomic E-state index is 13.0. The summed E-state index contributed by atoms with van der Waals surface area (Å²) in [5, 5.41) is 29.5. The van der Waals surface area contributed by atoms with Gasteiger partial charge in [-0.1, -0.05) is 17.3 Å². The maximum atomic E-state index is 13.0. The molecule has 1 amide bonds. The van der Waals surface area contributed by atoms with Gasteiger partial charge in [-0.05, 0) is 55.3 Å². The van der Waals surface area contributed by atoms with Crippen LogP contribution < -0.4 is 11.2 Å². The predicted molar refractivity (Wildman–Crippen MR) is 106 cm³/mol. The Kier molecular flexibility index (Phi) is 5.39. The van der Waals surface area contributed by atoms with Gasteiger partial charge in [0.25, 0.3) is 5.91 Å². The van der Waals surface area contributed by atoms with Crippen LogP contribution in [0.1, 0.15) is 41.5 Å². The molecule has 156 valence electrons. The Morgan fingerprint density at radius 2 is 2.07 bits per heavy atom. The first-order valence-electron chi connectivity index (χ1n) is 9.43. The molecular formula is C18H21N9O3. The number of benzene rings is 1. The molecule has 0 spiro atoms. The van der Waals surface area contributed by atoms with Gasteiger partial charge in [0.05, 0.1) is 5.71 Å². The number of hydrogen-bond acceptors (Lipinski definition) is 10. The Balaban J connectivity index is 1.64. The maximum Gasteiger partial charge on any atom is 0.292 e. The summed E-state index contributed by atoms with van der Waals surface area (Å²) in [6.45, 7) is 3.98. The van der Waals surface area contributed by atoms with E-state index in [1.165, 1.54) is 4.68 Å². The van der Waals surface area contributed by atoms with E-state index in [1.54, 1.807) is 31.2 Å². The van der Waals surface area contributed by atoms with Crippen LogP contribution >= 0.6 is 0 Å². The molecule has 2 aromatic heterocycles. The average molecular weight is 411 g/mol. The monoisotopic (exact) mass is 411 g/mol. The molecule has 1 fully saturated rings. The summed E-state index contributed by atoms with van der Waals surface area (Å²) >= 11 is 0. The number of rotatable bonds is 6. The molecule has 0 radical (unpaired) electrons. The zero-order valence-electron chi connectivity index (χ0n) is 16.3. The molecule has 30 heavy (non-hydrogen) atoms. The van der Waals surface area contributed by atoms with Crippen molar-refractivity contribution in [3.63, 3.8) is 0 Å². The highest BCUT2D eigenvalue weighted by Gasteiger charge is 2.27. The van der Waals surface area contributed by atoms with Crippen LogP contribution in [0.15, 0.2) is 34.0 Å². The summed E-state index contributed by atoms with van der Waals surface area (Å²) in [5.41, 5.74) is 9.82. The first kappa shape index (κ1) is 19.5. The Morgan fingerprint density at radius 3 is 2.77 bits per heavy atom. The number of nitrogen functional groups attached to an aromatic ring is 1. The van der Waals surface area contributed by atoms with Crippen molar-refractivity contribution in [3.8, 4) is 11.6 Å². The number of nitrogens with zero attached hydrogens (tertiary/aromatic N) is 7. The van der Waals surface area contributed by atoms with Crippen LogP contribution in [0.4, 0.5) is 5.82 Å². The number of carbonyl (C=O) groups excluding carboxylic acids is 1. The predicted octanol–water partition coefficient (Wildman–Crippen LogP) is 0.688. The summed E-state index contributed by atoms with van der Waals surface area (Å²) in [6.07, 6.45) is 2.19. The molecule has 4 rings (SSSR count). The Hall–Kier alpha value is -3.80. The van der Waals surface area contributed by atoms with E-state index in [0.717, 1.165) is 25.9 Å². The molecule has 12 nitrogen and oxygen atoms in total. The molecule has 1 aliphatic heterocycles. The van der Waals surface area contributed by atoms with Gasteiger partial charge in [-0.2, -0.15) is 9.78 Å². The molecule has 4 N–H and O–H groups in total. The van der Waals surface area contributed by atoms with E-state index in [2.05, 4.69) is 40.7 Å². The Bertz CT molecular complexity index is 1080. The largest absolute Gasteiger partial charge is 0.507 e. The van der Waals surface area contributed by atoms with Gasteiger partial charge in [0.15, 0.2) is 5.69 Å². The highest BCUT2D eigenvalue weighted by atomic mass is 16.6. The highest BCUT2D eigenvalue weighted by Crippen LogP contribution is 2.19. The van der Waals surface area contributed by atoms with E-state index in [1.807, 2.05) is 0 Å². The number of carbonyl (C=O) groups is 1. The van der Waals surface area contributed by atoms with E-state index >= 15 is 0 Å². The molecule has 3 aromatic rings. The molecule has 3 heterocycles. The first-order chi connectivity index (χ1) is 14.5. The molecule has 0 atom stereocenters. The SMILES string of the molecule is CC(=NNC(=O)c1c(CN2CCCC2)nnn1-c1nonc1N)c1ccccc1O. The molecule has 0 bridgehead atoms. The summed E-state index contributed by atoms with van der Waals surface area (Å²) in [6, 6.07) is 6.72. The topological polar surface area (TPSA) is 161 Å². The molecule has 1 aromatic carbocycles. The molecular weight excluding hydrogens is 390 g/mol. The Labute approximate surface area is 171 Å². The van der Waals surface area contributed by atoms with Crippen molar-refractivity contribution in [2.75, 3.05) is 18.8 Å². The van der Waals surface area contributed by atoms with Crippen molar-refractivity contribution in [3.05, 3.63) is 41.2 Å². The normalized spacial score (nSPS) is 14.9. The van der Waals surface area contributed by atoms with Gasteiger partial charge in [0.2, 0.25) is 11.6 Å². The second kappa shape index (κ2) is 8.29. The van der Waals surface area contributed by atoms with Crippen molar-refractivity contribution in [1.82, 2.24) is 35.6 Å². The molecule has 1 saturated heterocycles. The number of anilines is 1. The number of aromatic hydroxyl groups is 1. The van der Waals surface area contributed by atoms with Gasteiger partial charge in [-0.15, -0.1) is 5.10 Å². The number of hydrogen-bond donors (Lipinski definition) is 3. The third kappa shape index (κ3) is 3.85. The van der Waals surface area contributed by atoms with Gasteiger partial charge >= 0.3 is 0 Å². The summed E-state index contributed by atoms with van der Waals surface area (Å²) in [5.74, 6) is -0.431. The number of aromatic nitrogens is 5. The van der Waals surface area contributed by atoms with Crippen molar-refractivity contribution >= 4 is 17.4 Å². The zero-order valence-corrected chi connectivity index (χ0v) is 16.3. The average Bonchev–Trinajstić information content (AvgIpc) is 3.48. The smallest absolute Gasteiger partial charge is 0.292 e. The lowest BCUT2D eigenvalue weighted by Gasteiger charge is -2.13. The quantitative estimate of drug-likeness (QED) is 0.391. The van der Waals surface area contributed by atoms with Gasteiger partial charge < -0.3 is 10.8 Å². The van der Waals surface area contributed by atoms with Crippen LogP contribution in [0.3, 0.4) is 0 Å². The van der Waals surface area contributed by atoms with Crippen LogP contribution in [0, 0.1) is 0 Å². The lowest BCUT2D eigenvalue weighted by Crippen LogP contribution is -2.26. The summed E-state index contributed by atoms with van der Waals surface area (Å²) < 4.78 is 5.83. The number of amides is 1. The van der Waals surface area contributed by atoms with E-state index < -0.39 is 5.91 Å². The highest BCUT2D eigenvalue weighted by molar-refractivity contribution is 6.02. The molecule has 1 aliphatic rings. The van der Waals surface area contributed by atoms with Gasteiger partial charge in [-0.3, -0.25) is 9.69 Å². The first-order valence-corrected chi connectivity index (χ1v) is 9.43. The molecule has 0 unspecified atom stereocenters. The van der Waals surface area contributed by atoms with Crippen LogP contribution in [0.5, 0.6) is 5.75 Å². The number of phenolic OH excluding ortho intramolecular Hbond substituents is 1. The van der Waals surface area contributed by atoms with Crippen molar-refractivity contribution in [2.45, 2.75) is 26.3 Å². The van der Waals surface area contributed by atoms with E-state index in [9.17, 15) is 9.90 Å². The van der Waals surface area contributed by atoms with Crippen LogP contribution in [0.2, 0.25) is 0 Å². The van der Waals surface area contributed by atoms with E-state index in [0.29, 0.717) is 23.5 Å². The zero-order chi connectivity index (χ0) is 21.1. The number of nitrogens with one attached hydrogen (secondary N) is 1. The number of nitrogens with two attached hydrogens (primary N) is 1. The Morgan fingerprint density at radius 1 is 1.30 bits per heavy atom. The molecule has 0 aliphatic carbocycles. The van der Waals surface area contributed by atoms with Crippen molar-refractivity contribution in [2.24, 2.45) is 5.10 Å². The van der Waals surface area contributed by atoms with Gasteiger partial charge in [0, 0.05) is 12.1 Å². The number of hydrazone groups is 1. The van der Waals surface area contributed by atoms with Crippen molar-refractivity contribution < 1.29 is 14.5 Å². The van der Waals surface area contributed by atoms with Crippen molar-refractivity contribution in [1.29, 1.82) is 0 Å². The lowest BCUT2D eigenvalue weighted by molar-refractivity contribution is 0.0945. The van der Waals surface area contributed by atoms with E-state index in [-0.39, 0.29) is 23.1 Å². The third-order valence-electron chi connectivity index (χ3n) is 4.84. The standard InChI is InChI=1S/C18H21N9O3/c1-11(12-6-2-3-7-14(12)28)20-22-18(29)15-13(10-26-8-4-5-9-26)21-25-27(15)17-16(19)23-30-24-17/h2-3,6-7,28H,4-5,8-10H2,1H3,(H2,19,23)(H,22,29). The number of likely N-dealkylation sites (tertiary alicyclic amines) is 1. The van der Waals surface area contributed by atoms with E-state index in [4.69, 9.17) is 5.73 Å². The summed E-state index contributed by atoms with van der Waals surface area (Å²) in [4.78, 5) is 15.2. The third-order valence-corrected chi connectivity index (χ3v) is 4.84. The second-order valence-corrected chi connectivity index (χ2v) is 6.91. The number of phenols is 1. The number of para-hydroxylation sites is 1. The molecule has 12 heteroatoms. The fourth-order valence-electron chi connectivity index (χ4n) is 3.31. The second-order valence-electron chi connectivity index (χ2n) is 6.91. The fraction of sp³-hybridized carbons (Fsp3) is 0.333. The van der Waals surface area contributed by atoms with Gasteiger partial charge in [0.1, 0.15) is 11.4 Å². The minimum absolute atomic E-state index is 0.0180. The lowest BCUT2D eigenvalue weighted by atomic mass is 10.1. The van der Waals surface area contributed by atoms with Crippen LogP contribution in [-0.4, -0.2) is 60.0 Å². The van der Waals surface area contributed by atoms with Crippen LogP contribution in [0.25, 0.3) is 5.82 Å².